The molecule has 0 aliphatic carbocycles. The molecule has 0 saturated carbocycles. The highest BCUT2D eigenvalue weighted by Gasteiger charge is 2.20. The van der Waals surface area contributed by atoms with Crippen LogP contribution < -0.4 is 10.2 Å². The van der Waals surface area contributed by atoms with Crippen LogP contribution in [0.3, 0.4) is 0 Å². The number of rotatable bonds is 6. The van der Waals surface area contributed by atoms with Gasteiger partial charge in [0, 0.05) is 32.5 Å². The Kier molecular flexibility index (Phi) is 5.02. The summed E-state index contributed by atoms with van der Waals surface area (Å²) in [7, 11) is 1.70. The number of ether oxygens (including phenoxy) is 1. The van der Waals surface area contributed by atoms with Crippen molar-refractivity contribution in [3.05, 3.63) is 35.7 Å². The van der Waals surface area contributed by atoms with Crippen molar-refractivity contribution in [1.82, 2.24) is 15.0 Å². The van der Waals surface area contributed by atoms with Crippen LogP contribution in [-0.2, 0) is 11.2 Å². The molecule has 1 aromatic carbocycles. The van der Waals surface area contributed by atoms with Gasteiger partial charge in [0.25, 0.3) is 0 Å². The minimum Gasteiger partial charge on any atom is -0.385 e. The SMILES string of the molecule is COCCCNc1ncnc(N2CCCc3cc(C)ccc32)n1. The van der Waals surface area contributed by atoms with E-state index < -0.39 is 0 Å². The Hall–Kier alpha value is -2.21. The first-order valence-electron chi connectivity index (χ1n) is 8.07. The second-order valence-corrected chi connectivity index (χ2v) is 5.77. The Morgan fingerprint density at radius 3 is 3.09 bits per heavy atom. The molecule has 0 bridgehead atoms. The van der Waals surface area contributed by atoms with E-state index in [1.807, 2.05) is 0 Å². The molecule has 1 aliphatic rings. The number of aryl methyl sites for hydroxylation is 2. The third-order valence-corrected chi connectivity index (χ3v) is 3.96. The summed E-state index contributed by atoms with van der Waals surface area (Å²) in [5.74, 6) is 1.32. The highest BCUT2D eigenvalue weighted by molar-refractivity contribution is 5.64. The lowest BCUT2D eigenvalue weighted by Gasteiger charge is -2.29. The number of fused-ring (bicyclic) bond motifs is 1. The summed E-state index contributed by atoms with van der Waals surface area (Å²) in [6.07, 6.45) is 4.71. The smallest absolute Gasteiger partial charge is 0.234 e. The van der Waals surface area contributed by atoms with Gasteiger partial charge in [-0.1, -0.05) is 17.7 Å². The van der Waals surface area contributed by atoms with Gasteiger partial charge in [0.05, 0.1) is 0 Å². The van der Waals surface area contributed by atoms with Crippen molar-refractivity contribution in [3.8, 4) is 0 Å². The Bertz CT molecular complexity index is 661. The van der Waals surface area contributed by atoms with E-state index >= 15 is 0 Å². The normalized spacial score (nSPS) is 13.7. The van der Waals surface area contributed by atoms with E-state index in [4.69, 9.17) is 4.74 Å². The zero-order valence-electron chi connectivity index (χ0n) is 13.7. The largest absolute Gasteiger partial charge is 0.385 e. The van der Waals surface area contributed by atoms with E-state index in [2.05, 4.69) is 50.3 Å². The topological polar surface area (TPSA) is 63.2 Å². The molecule has 3 rings (SSSR count). The van der Waals surface area contributed by atoms with Gasteiger partial charge in [0.2, 0.25) is 11.9 Å². The quantitative estimate of drug-likeness (QED) is 0.827. The molecule has 6 heteroatoms. The van der Waals surface area contributed by atoms with Gasteiger partial charge in [0.1, 0.15) is 6.33 Å². The van der Waals surface area contributed by atoms with Crippen LogP contribution in [0.15, 0.2) is 24.5 Å². The van der Waals surface area contributed by atoms with Crippen LogP contribution in [0.5, 0.6) is 0 Å². The summed E-state index contributed by atoms with van der Waals surface area (Å²) in [4.78, 5) is 15.3. The molecule has 23 heavy (non-hydrogen) atoms. The molecule has 0 fully saturated rings. The first kappa shape index (κ1) is 15.7. The van der Waals surface area contributed by atoms with Crippen molar-refractivity contribution in [2.75, 3.05) is 37.0 Å². The van der Waals surface area contributed by atoms with Crippen LogP contribution in [0, 0.1) is 6.92 Å². The number of hydrogen-bond acceptors (Lipinski definition) is 6. The Morgan fingerprint density at radius 1 is 1.30 bits per heavy atom. The number of methoxy groups -OCH3 is 1. The van der Waals surface area contributed by atoms with Crippen LogP contribution in [0.4, 0.5) is 17.6 Å². The second kappa shape index (κ2) is 7.37. The van der Waals surface area contributed by atoms with Crippen molar-refractivity contribution in [1.29, 1.82) is 0 Å². The Balaban J connectivity index is 1.77. The monoisotopic (exact) mass is 313 g/mol. The molecule has 122 valence electrons. The molecule has 0 radical (unpaired) electrons. The molecular weight excluding hydrogens is 290 g/mol. The lowest BCUT2D eigenvalue weighted by molar-refractivity contribution is 0.197. The van der Waals surface area contributed by atoms with Gasteiger partial charge >= 0.3 is 0 Å². The zero-order valence-corrected chi connectivity index (χ0v) is 13.7. The maximum absolute atomic E-state index is 5.05. The van der Waals surface area contributed by atoms with Gasteiger partial charge in [-0.25, -0.2) is 9.97 Å². The van der Waals surface area contributed by atoms with E-state index in [0.29, 0.717) is 11.9 Å². The summed E-state index contributed by atoms with van der Waals surface area (Å²) in [5.41, 5.74) is 3.87. The van der Waals surface area contributed by atoms with Gasteiger partial charge in [-0.3, -0.25) is 0 Å². The number of aromatic nitrogens is 3. The number of anilines is 3. The van der Waals surface area contributed by atoms with Crippen LogP contribution in [0.2, 0.25) is 0 Å². The number of nitrogens with one attached hydrogen (secondary N) is 1. The van der Waals surface area contributed by atoms with Gasteiger partial charge in [-0.05, 0) is 37.8 Å². The molecule has 6 nitrogen and oxygen atoms in total. The van der Waals surface area contributed by atoms with Crippen LogP contribution in [-0.4, -0.2) is 41.8 Å². The molecule has 0 atom stereocenters. The Labute approximate surface area is 136 Å². The summed E-state index contributed by atoms with van der Waals surface area (Å²) in [6, 6.07) is 6.56. The standard InChI is InChI=1S/C17H23N5O/c1-13-6-7-15-14(11-13)5-3-9-22(15)17-20-12-19-16(21-17)18-8-4-10-23-2/h6-7,11-12H,3-5,8-10H2,1-2H3,(H,18,19,20,21). The van der Waals surface area contributed by atoms with Gasteiger partial charge in [0.15, 0.2) is 0 Å². The van der Waals surface area contributed by atoms with Crippen molar-refractivity contribution in [2.24, 2.45) is 0 Å². The molecule has 0 unspecified atom stereocenters. The molecule has 0 amide bonds. The number of nitrogens with zero attached hydrogens (tertiary/aromatic N) is 4. The average Bonchev–Trinajstić information content (AvgIpc) is 2.58. The van der Waals surface area contributed by atoms with Crippen LogP contribution in [0.25, 0.3) is 0 Å². The minimum atomic E-state index is 0.616. The maximum atomic E-state index is 5.05. The lowest BCUT2D eigenvalue weighted by atomic mass is 10.00. The summed E-state index contributed by atoms with van der Waals surface area (Å²) in [6.45, 7) is 4.57. The van der Waals surface area contributed by atoms with Crippen LogP contribution >= 0.6 is 0 Å². The lowest BCUT2D eigenvalue weighted by Crippen LogP contribution is -2.26. The van der Waals surface area contributed by atoms with Crippen molar-refractivity contribution < 1.29 is 4.74 Å². The van der Waals surface area contributed by atoms with Crippen LogP contribution in [0.1, 0.15) is 24.0 Å². The zero-order chi connectivity index (χ0) is 16.1. The Morgan fingerprint density at radius 2 is 2.22 bits per heavy atom. The molecule has 0 saturated heterocycles. The van der Waals surface area contributed by atoms with E-state index in [0.717, 1.165) is 39.0 Å². The van der Waals surface area contributed by atoms with E-state index in [9.17, 15) is 0 Å². The predicted octanol–water partition coefficient (Wildman–Crippen LogP) is 2.71. The molecule has 1 N–H and O–H groups in total. The van der Waals surface area contributed by atoms with Gasteiger partial charge < -0.3 is 15.0 Å². The molecule has 0 spiro atoms. The summed E-state index contributed by atoms with van der Waals surface area (Å²) in [5, 5.41) is 3.22. The fourth-order valence-electron chi connectivity index (χ4n) is 2.85. The van der Waals surface area contributed by atoms with E-state index in [1.54, 1.807) is 13.4 Å². The van der Waals surface area contributed by atoms with E-state index in [1.165, 1.54) is 16.8 Å². The average molecular weight is 313 g/mol. The second-order valence-electron chi connectivity index (χ2n) is 5.77. The highest BCUT2D eigenvalue weighted by atomic mass is 16.5. The predicted molar refractivity (Wildman–Crippen MR) is 91.3 cm³/mol. The third-order valence-electron chi connectivity index (χ3n) is 3.96. The molecule has 2 aromatic rings. The minimum absolute atomic E-state index is 0.616. The van der Waals surface area contributed by atoms with Gasteiger partial charge in [-0.15, -0.1) is 0 Å². The molecule has 1 aromatic heterocycles. The van der Waals surface area contributed by atoms with Gasteiger partial charge in [-0.2, -0.15) is 4.98 Å². The number of hydrogen-bond donors (Lipinski definition) is 1. The van der Waals surface area contributed by atoms with Crippen molar-refractivity contribution >= 4 is 17.6 Å². The maximum Gasteiger partial charge on any atom is 0.234 e. The molecule has 1 aliphatic heterocycles. The summed E-state index contributed by atoms with van der Waals surface area (Å²) >= 11 is 0. The van der Waals surface area contributed by atoms with E-state index in [-0.39, 0.29) is 0 Å². The molecule has 2 heterocycles. The third kappa shape index (κ3) is 3.76. The number of benzene rings is 1. The first-order valence-corrected chi connectivity index (χ1v) is 8.07. The first-order chi connectivity index (χ1) is 11.3. The highest BCUT2D eigenvalue weighted by Crippen LogP contribution is 2.32. The molecular formula is C17H23N5O. The van der Waals surface area contributed by atoms with Crippen molar-refractivity contribution in [2.45, 2.75) is 26.2 Å². The fourth-order valence-corrected chi connectivity index (χ4v) is 2.85. The summed E-state index contributed by atoms with van der Waals surface area (Å²) < 4.78 is 5.05. The van der Waals surface area contributed by atoms with Crippen molar-refractivity contribution in [3.63, 3.8) is 0 Å². The fraction of sp³-hybridized carbons (Fsp3) is 0.471.